The van der Waals surface area contributed by atoms with Crippen LogP contribution in [-0.4, -0.2) is 29.5 Å². The van der Waals surface area contributed by atoms with Crippen LogP contribution in [-0.2, 0) is 14.3 Å². The van der Waals surface area contributed by atoms with Crippen LogP contribution in [0.1, 0.15) is 38.5 Å². The van der Waals surface area contributed by atoms with E-state index in [2.05, 4.69) is 5.32 Å². The standard InChI is InChI=1S/C17H20N2O6/c1-24-11-5-6-13(14(9-11)19(22)23)18-16(21)12-10-15(20)25-17(12)7-3-2-4-8-17/h5-6,9,12H,2-4,7-8,10H2,1H3,(H,18,21). The maximum Gasteiger partial charge on any atom is 0.307 e. The average molecular weight is 348 g/mol. The largest absolute Gasteiger partial charge is 0.496 e. The highest BCUT2D eigenvalue weighted by Gasteiger charge is 2.53. The number of ether oxygens (including phenoxy) is 2. The summed E-state index contributed by atoms with van der Waals surface area (Å²) in [6, 6.07) is 4.22. The number of hydrogen-bond acceptors (Lipinski definition) is 6. The highest BCUT2D eigenvalue weighted by molar-refractivity contribution is 5.98. The highest BCUT2D eigenvalue weighted by Crippen LogP contribution is 2.44. The molecule has 1 aliphatic carbocycles. The summed E-state index contributed by atoms with van der Waals surface area (Å²) in [7, 11) is 1.41. The Bertz CT molecular complexity index is 711. The van der Waals surface area contributed by atoms with Gasteiger partial charge in [-0.3, -0.25) is 19.7 Å². The predicted octanol–water partition coefficient (Wildman–Crippen LogP) is 2.81. The second-order valence-corrected chi connectivity index (χ2v) is 6.49. The molecule has 3 rings (SSSR count). The van der Waals surface area contributed by atoms with E-state index >= 15 is 0 Å². The number of nitro benzene ring substituents is 1. The van der Waals surface area contributed by atoms with Crippen LogP contribution in [0.15, 0.2) is 18.2 Å². The third-order valence-electron chi connectivity index (χ3n) is 5.00. The molecule has 0 bridgehead atoms. The van der Waals surface area contributed by atoms with Crippen molar-refractivity contribution in [1.29, 1.82) is 0 Å². The minimum Gasteiger partial charge on any atom is -0.496 e. The van der Waals surface area contributed by atoms with E-state index in [1.807, 2.05) is 0 Å². The highest BCUT2D eigenvalue weighted by atomic mass is 16.6. The van der Waals surface area contributed by atoms with E-state index < -0.39 is 22.3 Å². The first-order valence-electron chi connectivity index (χ1n) is 8.30. The number of amides is 1. The van der Waals surface area contributed by atoms with Crippen molar-refractivity contribution >= 4 is 23.3 Å². The summed E-state index contributed by atoms with van der Waals surface area (Å²) in [5.74, 6) is -1.10. The number of carbonyl (C=O) groups is 2. The molecule has 0 aromatic heterocycles. The number of benzene rings is 1. The SMILES string of the molecule is COc1ccc(NC(=O)C2CC(=O)OC23CCCCC3)c([N+](=O)[O-])c1. The van der Waals surface area contributed by atoms with Gasteiger partial charge in [0.25, 0.3) is 5.69 Å². The third-order valence-corrected chi connectivity index (χ3v) is 5.00. The lowest BCUT2D eigenvalue weighted by Gasteiger charge is -2.35. The van der Waals surface area contributed by atoms with Crippen molar-refractivity contribution in [3.05, 3.63) is 28.3 Å². The lowest BCUT2D eigenvalue weighted by molar-refractivity contribution is -0.384. The van der Waals surface area contributed by atoms with Crippen LogP contribution in [0.2, 0.25) is 0 Å². The molecule has 0 radical (unpaired) electrons. The Balaban J connectivity index is 1.84. The van der Waals surface area contributed by atoms with E-state index in [1.165, 1.54) is 25.3 Å². The zero-order valence-corrected chi connectivity index (χ0v) is 13.9. The Labute approximate surface area is 144 Å². The normalized spacial score (nSPS) is 21.6. The van der Waals surface area contributed by atoms with Crippen LogP contribution in [0.5, 0.6) is 5.75 Å². The maximum atomic E-state index is 12.8. The second kappa shape index (κ2) is 6.70. The van der Waals surface area contributed by atoms with E-state index in [1.54, 1.807) is 0 Å². The third kappa shape index (κ3) is 3.29. The second-order valence-electron chi connectivity index (χ2n) is 6.49. The fraction of sp³-hybridized carbons (Fsp3) is 0.529. The average Bonchev–Trinajstić information content (AvgIpc) is 2.91. The molecule has 1 aromatic rings. The number of hydrogen-bond donors (Lipinski definition) is 1. The molecule has 1 saturated heterocycles. The molecule has 1 heterocycles. The monoisotopic (exact) mass is 348 g/mol. The van der Waals surface area contributed by atoms with E-state index in [9.17, 15) is 19.7 Å². The predicted molar refractivity (Wildman–Crippen MR) is 88.3 cm³/mol. The summed E-state index contributed by atoms with van der Waals surface area (Å²) < 4.78 is 10.5. The molecule has 134 valence electrons. The van der Waals surface area contributed by atoms with Gasteiger partial charge in [-0.2, -0.15) is 0 Å². The van der Waals surface area contributed by atoms with Crippen LogP contribution < -0.4 is 10.1 Å². The van der Waals surface area contributed by atoms with Crippen LogP contribution in [0.4, 0.5) is 11.4 Å². The summed E-state index contributed by atoms with van der Waals surface area (Å²) in [6.45, 7) is 0. The molecule has 1 N–H and O–H groups in total. The Morgan fingerprint density at radius 3 is 2.72 bits per heavy atom. The summed E-state index contributed by atoms with van der Waals surface area (Å²) in [5, 5.41) is 13.9. The number of rotatable bonds is 4. The number of nitro groups is 1. The number of esters is 1. The van der Waals surface area contributed by atoms with E-state index in [-0.39, 0.29) is 23.8 Å². The fourth-order valence-corrected chi connectivity index (χ4v) is 3.74. The molecular weight excluding hydrogens is 328 g/mol. The van der Waals surface area contributed by atoms with Crippen molar-refractivity contribution in [1.82, 2.24) is 0 Å². The molecule has 1 aliphatic heterocycles. The lowest BCUT2D eigenvalue weighted by atomic mass is 9.75. The number of nitrogens with one attached hydrogen (secondary N) is 1. The van der Waals surface area contributed by atoms with Crippen LogP contribution in [0.25, 0.3) is 0 Å². The summed E-state index contributed by atoms with van der Waals surface area (Å²) in [5.41, 5.74) is -0.933. The molecular formula is C17H20N2O6. The minimum atomic E-state index is -0.763. The molecule has 1 unspecified atom stereocenters. The van der Waals surface area contributed by atoms with Crippen molar-refractivity contribution in [2.45, 2.75) is 44.1 Å². The molecule has 1 saturated carbocycles. The van der Waals surface area contributed by atoms with E-state index in [4.69, 9.17) is 9.47 Å². The topological polar surface area (TPSA) is 108 Å². The molecule has 2 aliphatic rings. The molecule has 2 fully saturated rings. The van der Waals surface area contributed by atoms with Crippen LogP contribution >= 0.6 is 0 Å². The Morgan fingerprint density at radius 2 is 2.08 bits per heavy atom. The lowest BCUT2D eigenvalue weighted by Crippen LogP contribution is -2.43. The van der Waals surface area contributed by atoms with Gasteiger partial charge in [-0.15, -0.1) is 0 Å². The van der Waals surface area contributed by atoms with Crippen molar-refractivity contribution in [3.63, 3.8) is 0 Å². The first-order chi connectivity index (χ1) is 11.9. The molecule has 1 atom stereocenters. The van der Waals surface area contributed by atoms with Crippen molar-refractivity contribution in [2.75, 3.05) is 12.4 Å². The van der Waals surface area contributed by atoms with Gasteiger partial charge in [-0.1, -0.05) is 6.42 Å². The maximum absolute atomic E-state index is 12.8. The minimum absolute atomic E-state index is 0.00971. The van der Waals surface area contributed by atoms with Gasteiger partial charge in [0.15, 0.2) is 0 Å². The Hall–Kier alpha value is -2.64. The number of anilines is 1. The smallest absolute Gasteiger partial charge is 0.307 e. The van der Waals surface area contributed by atoms with Crippen LogP contribution in [0.3, 0.4) is 0 Å². The van der Waals surface area contributed by atoms with Crippen molar-refractivity contribution < 1.29 is 24.0 Å². The Morgan fingerprint density at radius 1 is 1.36 bits per heavy atom. The zero-order chi connectivity index (χ0) is 18.0. The van der Waals surface area contributed by atoms with Gasteiger partial charge in [0.1, 0.15) is 17.0 Å². The first-order valence-corrected chi connectivity index (χ1v) is 8.30. The van der Waals surface area contributed by atoms with Gasteiger partial charge in [0.2, 0.25) is 5.91 Å². The first kappa shape index (κ1) is 17.2. The van der Waals surface area contributed by atoms with Gasteiger partial charge < -0.3 is 14.8 Å². The fourth-order valence-electron chi connectivity index (χ4n) is 3.74. The van der Waals surface area contributed by atoms with Gasteiger partial charge in [-0.05, 0) is 37.8 Å². The molecule has 8 nitrogen and oxygen atoms in total. The molecule has 25 heavy (non-hydrogen) atoms. The van der Waals surface area contributed by atoms with Gasteiger partial charge in [-0.25, -0.2) is 0 Å². The van der Waals surface area contributed by atoms with Gasteiger partial charge >= 0.3 is 5.97 Å². The number of methoxy groups -OCH3 is 1. The summed E-state index contributed by atoms with van der Waals surface area (Å²) in [4.78, 5) is 35.3. The number of nitrogens with zero attached hydrogens (tertiary/aromatic N) is 1. The molecule has 8 heteroatoms. The summed E-state index contributed by atoms with van der Waals surface area (Å²) in [6.07, 6.45) is 4.18. The summed E-state index contributed by atoms with van der Waals surface area (Å²) >= 11 is 0. The molecule has 1 spiro atoms. The zero-order valence-electron chi connectivity index (χ0n) is 13.9. The molecule has 1 amide bonds. The molecule has 1 aromatic carbocycles. The quantitative estimate of drug-likeness (QED) is 0.509. The van der Waals surface area contributed by atoms with Gasteiger partial charge in [0.05, 0.1) is 30.4 Å². The van der Waals surface area contributed by atoms with E-state index in [0.29, 0.717) is 18.6 Å². The Kier molecular flexibility index (Phi) is 4.61. The van der Waals surface area contributed by atoms with Crippen molar-refractivity contribution in [3.8, 4) is 5.75 Å². The number of carbonyl (C=O) groups excluding carboxylic acids is 2. The van der Waals surface area contributed by atoms with Gasteiger partial charge in [0, 0.05) is 0 Å². The van der Waals surface area contributed by atoms with E-state index in [0.717, 1.165) is 19.3 Å². The van der Waals surface area contributed by atoms with Crippen LogP contribution in [0, 0.1) is 16.0 Å². The van der Waals surface area contributed by atoms with Crippen molar-refractivity contribution in [2.24, 2.45) is 5.92 Å².